The van der Waals surface area contributed by atoms with Crippen LogP contribution in [0.5, 0.6) is 0 Å². The van der Waals surface area contributed by atoms with E-state index >= 15 is 0 Å². The summed E-state index contributed by atoms with van der Waals surface area (Å²) in [6.07, 6.45) is 2.55. The third kappa shape index (κ3) is 3.20. The van der Waals surface area contributed by atoms with E-state index in [1.54, 1.807) is 0 Å². The van der Waals surface area contributed by atoms with Crippen LogP contribution in [0.15, 0.2) is 46.9 Å². The van der Waals surface area contributed by atoms with E-state index in [-0.39, 0.29) is 0 Å². The molecule has 1 N–H and O–H groups in total. The van der Waals surface area contributed by atoms with Crippen LogP contribution < -0.4 is 4.90 Å². The number of carbonyl (C=O) groups is 1. The maximum atomic E-state index is 10.7. The summed E-state index contributed by atoms with van der Waals surface area (Å²) in [4.78, 5) is 12.9. The van der Waals surface area contributed by atoms with Crippen molar-refractivity contribution in [2.75, 3.05) is 31.2 Å². The van der Waals surface area contributed by atoms with Crippen molar-refractivity contribution in [3.05, 3.63) is 48.2 Å². The molecule has 5 heteroatoms. The monoisotopic (exact) mass is 299 g/mol. The van der Waals surface area contributed by atoms with Crippen molar-refractivity contribution < 1.29 is 19.1 Å². The van der Waals surface area contributed by atoms with E-state index in [9.17, 15) is 4.79 Å². The molecule has 0 spiro atoms. The van der Waals surface area contributed by atoms with Gasteiger partial charge in [-0.05, 0) is 6.08 Å². The summed E-state index contributed by atoms with van der Waals surface area (Å²) in [7, 11) is 0. The lowest BCUT2D eigenvalue weighted by Gasteiger charge is -2.28. The maximum Gasteiger partial charge on any atom is 0.328 e. The second kappa shape index (κ2) is 6.49. The molecule has 1 aromatic carbocycles. The van der Waals surface area contributed by atoms with E-state index in [1.165, 1.54) is 6.08 Å². The van der Waals surface area contributed by atoms with Gasteiger partial charge in [0.15, 0.2) is 5.76 Å². The average molecular weight is 299 g/mol. The summed E-state index contributed by atoms with van der Waals surface area (Å²) >= 11 is 0. The zero-order valence-electron chi connectivity index (χ0n) is 12.1. The Labute approximate surface area is 128 Å². The van der Waals surface area contributed by atoms with E-state index in [0.717, 1.165) is 36.2 Å². The largest absolute Gasteiger partial charge is 0.478 e. The molecule has 3 rings (SSSR count). The predicted molar refractivity (Wildman–Crippen MR) is 83.8 cm³/mol. The number of carboxylic acids is 1. The number of rotatable bonds is 4. The number of benzene rings is 1. The maximum absolute atomic E-state index is 10.7. The number of furan rings is 1. The van der Waals surface area contributed by atoms with E-state index in [4.69, 9.17) is 14.3 Å². The molecule has 1 aromatic heterocycles. The van der Waals surface area contributed by atoms with Gasteiger partial charge < -0.3 is 19.2 Å². The minimum absolute atomic E-state index is 0.530. The number of ether oxygens (including phenoxy) is 1. The lowest BCUT2D eigenvalue weighted by Crippen LogP contribution is -2.36. The van der Waals surface area contributed by atoms with Crippen LogP contribution in [0, 0.1) is 0 Å². The van der Waals surface area contributed by atoms with Crippen molar-refractivity contribution in [1.29, 1.82) is 0 Å². The molecule has 0 aliphatic carbocycles. The van der Waals surface area contributed by atoms with Crippen molar-refractivity contribution in [1.82, 2.24) is 0 Å². The van der Waals surface area contributed by atoms with Crippen LogP contribution in [0.2, 0.25) is 0 Å². The minimum atomic E-state index is -0.995. The highest BCUT2D eigenvalue weighted by Crippen LogP contribution is 2.35. The molecule has 2 heterocycles. The summed E-state index contributed by atoms with van der Waals surface area (Å²) in [5.74, 6) is 0.292. The number of aliphatic carboxylic acids is 1. The fourth-order valence-corrected chi connectivity index (χ4v) is 2.47. The Morgan fingerprint density at radius 1 is 1.18 bits per heavy atom. The average Bonchev–Trinajstić information content (AvgIpc) is 2.99. The first-order chi connectivity index (χ1) is 10.7. The smallest absolute Gasteiger partial charge is 0.328 e. The second-order valence-electron chi connectivity index (χ2n) is 5.00. The van der Waals surface area contributed by atoms with E-state index in [1.807, 2.05) is 36.4 Å². The number of morpholine rings is 1. The van der Waals surface area contributed by atoms with Gasteiger partial charge in [0.2, 0.25) is 0 Å². The first kappa shape index (κ1) is 14.4. The zero-order valence-corrected chi connectivity index (χ0v) is 12.1. The minimum Gasteiger partial charge on any atom is -0.478 e. The highest BCUT2D eigenvalue weighted by atomic mass is 16.5. The molecule has 2 aromatic rings. The summed E-state index contributed by atoms with van der Waals surface area (Å²) in [5.41, 5.74) is 1.94. The lowest BCUT2D eigenvalue weighted by atomic mass is 10.1. The Morgan fingerprint density at radius 2 is 1.91 bits per heavy atom. The van der Waals surface area contributed by atoms with Crippen LogP contribution >= 0.6 is 0 Å². The molecule has 5 nitrogen and oxygen atoms in total. The molecule has 114 valence electrons. The number of nitrogens with zero attached hydrogens (tertiary/aromatic N) is 1. The molecule has 1 fully saturated rings. The van der Waals surface area contributed by atoms with Crippen LogP contribution in [0.4, 0.5) is 5.69 Å². The number of anilines is 1. The van der Waals surface area contributed by atoms with Gasteiger partial charge in [-0.3, -0.25) is 0 Å². The summed E-state index contributed by atoms with van der Waals surface area (Å²) in [6, 6.07) is 11.7. The van der Waals surface area contributed by atoms with Gasteiger partial charge >= 0.3 is 5.97 Å². The van der Waals surface area contributed by atoms with Gasteiger partial charge in [-0.15, -0.1) is 0 Å². The molecule has 0 atom stereocenters. The van der Waals surface area contributed by atoms with Gasteiger partial charge in [0, 0.05) is 30.8 Å². The normalized spacial score (nSPS) is 15.4. The number of carboxylic acid groups (broad SMARTS) is 1. The highest BCUT2D eigenvalue weighted by Gasteiger charge is 2.20. The van der Waals surface area contributed by atoms with Gasteiger partial charge in [-0.25, -0.2) is 4.79 Å². The van der Waals surface area contributed by atoms with Crippen molar-refractivity contribution >= 4 is 17.7 Å². The Balaban J connectivity index is 1.99. The summed E-state index contributed by atoms with van der Waals surface area (Å²) in [6.45, 7) is 2.95. The Hall–Kier alpha value is -2.53. The third-order valence-corrected chi connectivity index (χ3v) is 3.51. The van der Waals surface area contributed by atoms with Gasteiger partial charge in [-0.1, -0.05) is 30.3 Å². The van der Waals surface area contributed by atoms with Crippen LogP contribution in [0.3, 0.4) is 0 Å². The molecule has 0 amide bonds. The molecule has 0 saturated carbocycles. The van der Waals surface area contributed by atoms with Crippen molar-refractivity contribution in [2.24, 2.45) is 0 Å². The molecule has 0 bridgehead atoms. The quantitative estimate of drug-likeness (QED) is 0.880. The van der Waals surface area contributed by atoms with Crippen LogP contribution in [0.1, 0.15) is 5.76 Å². The van der Waals surface area contributed by atoms with E-state index in [2.05, 4.69) is 4.90 Å². The fourth-order valence-electron chi connectivity index (χ4n) is 2.47. The van der Waals surface area contributed by atoms with Crippen molar-refractivity contribution in [3.63, 3.8) is 0 Å². The Morgan fingerprint density at radius 3 is 2.59 bits per heavy atom. The molecule has 0 unspecified atom stereocenters. The second-order valence-corrected chi connectivity index (χ2v) is 5.00. The fraction of sp³-hybridized carbons (Fsp3) is 0.235. The van der Waals surface area contributed by atoms with E-state index < -0.39 is 5.97 Å². The van der Waals surface area contributed by atoms with Gasteiger partial charge in [0.05, 0.1) is 18.9 Å². The molecular formula is C17H17NO4. The predicted octanol–water partition coefficient (Wildman–Crippen LogP) is 2.88. The van der Waals surface area contributed by atoms with Crippen LogP contribution in [-0.2, 0) is 9.53 Å². The molecule has 0 radical (unpaired) electrons. The first-order valence-corrected chi connectivity index (χ1v) is 7.17. The van der Waals surface area contributed by atoms with Crippen molar-refractivity contribution in [2.45, 2.75) is 0 Å². The lowest BCUT2D eigenvalue weighted by molar-refractivity contribution is -0.131. The third-order valence-electron chi connectivity index (χ3n) is 3.51. The van der Waals surface area contributed by atoms with Gasteiger partial charge in [0.25, 0.3) is 0 Å². The van der Waals surface area contributed by atoms with Gasteiger partial charge in [0.1, 0.15) is 5.76 Å². The Bertz CT molecular complexity index is 669. The Kier molecular flexibility index (Phi) is 4.25. The van der Waals surface area contributed by atoms with Crippen LogP contribution in [0.25, 0.3) is 17.4 Å². The highest BCUT2D eigenvalue weighted by molar-refractivity contribution is 5.86. The van der Waals surface area contributed by atoms with E-state index in [0.29, 0.717) is 19.0 Å². The SMILES string of the molecule is O=C(O)/C=C/c1cc(N2CCOCC2)c(-c2ccccc2)o1. The molecule has 1 aliphatic rings. The molecular weight excluding hydrogens is 282 g/mol. The number of hydrogen-bond acceptors (Lipinski definition) is 4. The standard InChI is InChI=1S/C17H17NO4/c19-16(20)7-6-14-12-15(18-8-10-21-11-9-18)17(22-14)13-4-2-1-3-5-13/h1-7,12H,8-11H2,(H,19,20)/b7-6+. The van der Waals surface area contributed by atoms with Gasteiger partial charge in [-0.2, -0.15) is 0 Å². The molecule has 22 heavy (non-hydrogen) atoms. The first-order valence-electron chi connectivity index (χ1n) is 7.17. The molecule has 1 saturated heterocycles. The zero-order chi connectivity index (χ0) is 15.4. The topological polar surface area (TPSA) is 62.9 Å². The molecule has 1 aliphatic heterocycles. The number of hydrogen-bond donors (Lipinski definition) is 1. The summed E-state index contributed by atoms with van der Waals surface area (Å²) < 4.78 is 11.3. The summed E-state index contributed by atoms with van der Waals surface area (Å²) in [5, 5.41) is 8.76. The van der Waals surface area contributed by atoms with Crippen LogP contribution in [-0.4, -0.2) is 37.4 Å². The van der Waals surface area contributed by atoms with Crippen molar-refractivity contribution in [3.8, 4) is 11.3 Å².